The van der Waals surface area contributed by atoms with E-state index in [1.54, 1.807) is 7.11 Å². The summed E-state index contributed by atoms with van der Waals surface area (Å²) in [6.07, 6.45) is 5.21. The molecule has 0 spiro atoms. The second-order valence-corrected chi connectivity index (χ2v) is 4.82. The minimum Gasteiger partial charge on any atom is -0.497 e. The Morgan fingerprint density at radius 2 is 1.82 bits per heavy atom. The summed E-state index contributed by atoms with van der Waals surface area (Å²) < 4.78 is 5.22. The van der Waals surface area contributed by atoms with Crippen molar-refractivity contribution in [3.63, 3.8) is 0 Å². The third-order valence-electron chi connectivity index (χ3n) is 3.64. The summed E-state index contributed by atoms with van der Waals surface area (Å²) in [4.78, 5) is 2.63. The van der Waals surface area contributed by atoms with Gasteiger partial charge in [0.15, 0.2) is 0 Å². The van der Waals surface area contributed by atoms with Crippen LogP contribution in [-0.4, -0.2) is 25.1 Å². The van der Waals surface area contributed by atoms with Gasteiger partial charge in [0.25, 0.3) is 0 Å². The highest BCUT2D eigenvalue weighted by molar-refractivity contribution is 5.29. The molecule has 1 atom stereocenters. The van der Waals surface area contributed by atoms with Gasteiger partial charge < -0.3 is 4.74 Å². The van der Waals surface area contributed by atoms with E-state index in [4.69, 9.17) is 4.74 Å². The zero-order chi connectivity index (χ0) is 12.1. The maximum atomic E-state index is 5.22. The Bertz CT molecular complexity index is 327. The quantitative estimate of drug-likeness (QED) is 0.770. The summed E-state index contributed by atoms with van der Waals surface area (Å²) in [6, 6.07) is 9.20. The van der Waals surface area contributed by atoms with Crippen LogP contribution in [0.3, 0.4) is 0 Å². The van der Waals surface area contributed by atoms with Crippen LogP contribution in [-0.2, 0) is 0 Å². The lowest BCUT2D eigenvalue weighted by Crippen LogP contribution is -2.25. The average molecular weight is 233 g/mol. The molecule has 2 heteroatoms. The molecule has 0 unspecified atom stereocenters. The van der Waals surface area contributed by atoms with Crippen LogP contribution in [0.1, 0.15) is 44.2 Å². The first kappa shape index (κ1) is 12.4. The molecule has 1 saturated heterocycles. The Morgan fingerprint density at radius 1 is 1.18 bits per heavy atom. The number of hydrogen-bond donors (Lipinski definition) is 0. The van der Waals surface area contributed by atoms with E-state index in [-0.39, 0.29) is 0 Å². The number of methoxy groups -OCH3 is 1. The van der Waals surface area contributed by atoms with Gasteiger partial charge in [-0.15, -0.1) is 0 Å². The predicted octanol–water partition coefficient (Wildman–Crippen LogP) is 3.63. The average Bonchev–Trinajstić information content (AvgIpc) is 2.90. The monoisotopic (exact) mass is 233 g/mol. The second-order valence-electron chi connectivity index (χ2n) is 4.82. The van der Waals surface area contributed by atoms with Crippen LogP contribution in [0, 0.1) is 0 Å². The van der Waals surface area contributed by atoms with Gasteiger partial charge in [-0.05, 0) is 50.0 Å². The molecule has 1 aromatic carbocycles. The van der Waals surface area contributed by atoms with Gasteiger partial charge in [-0.1, -0.05) is 25.5 Å². The molecule has 1 heterocycles. The molecular formula is C15H23NO. The third-order valence-corrected chi connectivity index (χ3v) is 3.64. The van der Waals surface area contributed by atoms with E-state index < -0.39 is 0 Å². The van der Waals surface area contributed by atoms with Crippen LogP contribution in [0.4, 0.5) is 0 Å². The Kier molecular flexibility index (Phi) is 4.43. The molecule has 1 aromatic rings. The molecule has 0 radical (unpaired) electrons. The molecule has 1 aliphatic heterocycles. The van der Waals surface area contributed by atoms with Gasteiger partial charge in [-0.3, -0.25) is 4.90 Å². The Balaban J connectivity index is 2.12. The van der Waals surface area contributed by atoms with Crippen molar-refractivity contribution < 1.29 is 4.74 Å². The second kappa shape index (κ2) is 6.06. The minimum absolute atomic E-state index is 0.605. The van der Waals surface area contributed by atoms with Gasteiger partial charge in [0.2, 0.25) is 0 Å². The van der Waals surface area contributed by atoms with Crippen molar-refractivity contribution in [2.75, 3.05) is 20.2 Å². The van der Waals surface area contributed by atoms with Crippen LogP contribution in [0.2, 0.25) is 0 Å². The number of benzene rings is 1. The Hall–Kier alpha value is -1.02. The summed E-state index contributed by atoms with van der Waals surface area (Å²) in [5.74, 6) is 0.949. The molecule has 0 aliphatic carbocycles. The topological polar surface area (TPSA) is 12.5 Å². The maximum absolute atomic E-state index is 5.22. The number of hydrogen-bond acceptors (Lipinski definition) is 2. The van der Waals surface area contributed by atoms with Gasteiger partial charge in [0, 0.05) is 6.04 Å². The van der Waals surface area contributed by atoms with Gasteiger partial charge in [-0.2, -0.15) is 0 Å². The standard InChI is InChI=1S/C15H23NO/c1-3-6-15(16-11-4-5-12-16)13-7-9-14(17-2)10-8-13/h7-10,15H,3-6,11-12H2,1-2H3/t15-/m0/s1. The molecule has 0 saturated carbocycles. The lowest BCUT2D eigenvalue weighted by molar-refractivity contribution is 0.232. The number of likely N-dealkylation sites (tertiary alicyclic amines) is 1. The van der Waals surface area contributed by atoms with Crippen molar-refractivity contribution in [3.8, 4) is 5.75 Å². The third kappa shape index (κ3) is 3.01. The summed E-state index contributed by atoms with van der Waals surface area (Å²) >= 11 is 0. The highest BCUT2D eigenvalue weighted by Crippen LogP contribution is 2.30. The zero-order valence-corrected chi connectivity index (χ0v) is 11.0. The molecule has 0 aromatic heterocycles. The van der Waals surface area contributed by atoms with Gasteiger partial charge >= 0.3 is 0 Å². The van der Waals surface area contributed by atoms with Crippen molar-refractivity contribution >= 4 is 0 Å². The van der Waals surface area contributed by atoms with E-state index >= 15 is 0 Å². The SMILES string of the molecule is CCC[C@@H](c1ccc(OC)cc1)N1CCCC1. The molecular weight excluding hydrogens is 210 g/mol. The van der Waals surface area contributed by atoms with Crippen molar-refractivity contribution in [2.45, 2.75) is 38.6 Å². The van der Waals surface area contributed by atoms with Crippen LogP contribution in [0.25, 0.3) is 0 Å². The fourth-order valence-electron chi connectivity index (χ4n) is 2.71. The Labute approximate surface area is 105 Å². The summed E-state index contributed by atoms with van der Waals surface area (Å²) in [5.41, 5.74) is 1.44. The van der Waals surface area contributed by atoms with Gasteiger partial charge in [0.1, 0.15) is 5.75 Å². The molecule has 1 fully saturated rings. The zero-order valence-electron chi connectivity index (χ0n) is 11.0. The van der Waals surface area contributed by atoms with E-state index in [1.807, 2.05) is 0 Å². The summed E-state index contributed by atoms with van der Waals surface area (Å²) in [7, 11) is 1.72. The van der Waals surface area contributed by atoms with Crippen molar-refractivity contribution in [1.29, 1.82) is 0 Å². The first-order valence-electron chi connectivity index (χ1n) is 6.73. The van der Waals surface area contributed by atoms with Gasteiger partial charge in [0.05, 0.1) is 7.11 Å². The smallest absolute Gasteiger partial charge is 0.118 e. The van der Waals surface area contributed by atoms with Crippen LogP contribution >= 0.6 is 0 Å². The summed E-state index contributed by atoms with van der Waals surface area (Å²) in [5, 5.41) is 0. The number of ether oxygens (including phenoxy) is 1. The lowest BCUT2D eigenvalue weighted by atomic mass is 10.0. The van der Waals surface area contributed by atoms with E-state index in [2.05, 4.69) is 36.1 Å². The fraction of sp³-hybridized carbons (Fsp3) is 0.600. The molecule has 94 valence electrons. The van der Waals surface area contributed by atoms with E-state index in [0.717, 1.165) is 5.75 Å². The highest BCUT2D eigenvalue weighted by atomic mass is 16.5. The highest BCUT2D eigenvalue weighted by Gasteiger charge is 2.22. The van der Waals surface area contributed by atoms with E-state index in [0.29, 0.717) is 6.04 Å². The molecule has 2 rings (SSSR count). The first-order valence-corrected chi connectivity index (χ1v) is 6.73. The molecule has 0 amide bonds. The van der Waals surface area contributed by atoms with Gasteiger partial charge in [-0.25, -0.2) is 0 Å². The minimum atomic E-state index is 0.605. The van der Waals surface area contributed by atoms with E-state index in [9.17, 15) is 0 Å². The van der Waals surface area contributed by atoms with Crippen molar-refractivity contribution in [3.05, 3.63) is 29.8 Å². The molecule has 0 N–H and O–H groups in total. The largest absolute Gasteiger partial charge is 0.497 e. The fourth-order valence-corrected chi connectivity index (χ4v) is 2.71. The summed E-state index contributed by atoms with van der Waals surface area (Å²) in [6.45, 7) is 4.79. The number of rotatable bonds is 5. The molecule has 1 aliphatic rings. The van der Waals surface area contributed by atoms with Crippen LogP contribution < -0.4 is 4.74 Å². The lowest BCUT2D eigenvalue weighted by Gasteiger charge is -2.27. The molecule has 2 nitrogen and oxygen atoms in total. The molecule has 0 bridgehead atoms. The van der Waals surface area contributed by atoms with E-state index in [1.165, 1.54) is 44.3 Å². The van der Waals surface area contributed by atoms with Crippen molar-refractivity contribution in [1.82, 2.24) is 4.90 Å². The van der Waals surface area contributed by atoms with Crippen molar-refractivity contribution in [2.24, 2.45) is 0 Å². The normalized spacial score (nSPS) is 18.2. The predicted molar refractivity (Wildman–Crippen MR) is 71.5 cm³/mol. The molecule has 17 heavy (non-hydrogen) atoms. The first-order chi connectivity index (χ1) is 8.35. The maximum Gasteiger partial charge on any atom is 0.118 e. The van der Waals surface area contributed by atoms with Crippen LogP contribution in [0.5, 0.6) is 5.75 Å². The Morgan fingerprint density at radius 3 is 2.35 bits per heavy atom. The van der Waals surface area contributed by atoms with Crippen LogP contribution in [0.15, 0.2) is 24.3 Å². The number of nitrogens with zero attached hydrogens (tertiary/aromatic N) is 1.